The second-order valence-electron chi connectivity index (χ2n) is 21.1. The summed E-state index contributed by atoms with van der Waals surface area (Å²) >= 11 is 0. The van der Waals surface area contributed by atoms with Crippen LogP contribution in [-0.4, -0.2) is 0 Å². The van der Waals surface area contributed by atoms with Crippen molar-refractivity contribution in [1.82, 2.24) is 0 Å². The van der Waals surface area contributed by atoms with E-state index in [1.807, 2.05) is 18.2 Å². The number of aryl methyl sites for hydroxylation is 11. The highest BCUT2D eigenvalue weighted by Gasteiger charge is 2.12. The minimum Gasteiger partial charge on any atom is -0.0622 e. The first-order valence-electron chi connectivity index (χ1n) is 26.8. The molecule has 0 spiro atoms. The second-order valence-corrected chi connectivity index (χ2v) is 21.1. The lowest BCUT2D eigenvalue weighted by atomic mass is 9.87. The molecule has 10 rings (SSSR count). The van der Waals surface area contributed by atoms with Gasteiger partial charge in [-0.05, 0) is 150 Å². The van der Waals surface area contributed by atoms with E-state index in [0.717, 1.165) is 0 Å². The topological polar surface area (TPSA) is 0 Å². The highest BCUT2D eigenvalue weighted by atomic mass is 14.2. The standard InChI is InChI=1S/3C13H12.C11H16.C10H14.2C8H10/c1-11-7-5-6-10-13(11)12-8-3-2-4-9-12;1-11-6-5-9-13(10-11)12-7-3-2-4-8-12;1-11-7-9-13(10-8-11)12-5-3-2-4-6-12;1-9-5-7-10(8-6-9)11(2,3)4;1-7-5-8(2)10(4)9(3)6-7;1-7-3-5-8(2)6-4-7;1-7-4-3-5-8(2)6-7/h3*2-10H,1H3;5-8H,1-4H3;5-6H,1-4H3;2*3-6H,1-2H3. The van der Waals surface area contributed by atoms with Crippen LogP contribution in [0.2, 0.25) is 0 Å². The van der Waals surface area contributed by atoms with Crippen molar-refractivity contribution in [2.45, 2.75) is 109 Å². The monoisotopic (exact) mass is 999 g/mol. The van der Waals surface area contributed by atoms with E-state index in [9.17, 15) is 0 Å². The predicted octanol–water partition coefficient (Wildman–Crippen LogP) is 21.8. The Bertz CT molecular complexity index is 3110. The molecule has 0 aromatic heterocycles. The molecule has 0 saturated carbocycles. The Morgan fingerprint density at radius 3 is 0.934 bits per heavy atom. The largest absolute Gasteiger partial charge is 0.0622 e. The van der Waals surface area contributed by atoms with Gasteiger partial charge in [-0.25, -0.2) is 0 Å². The molecule has 0 bridgehead atoms. The van der Waals surface area contributed by atoms with Crippen LogP contribution in [-0.2, 0) is 5.41 Å². The third-order valence-corrected chi connectivity index (χ3v) is 12.9. The van der Waals surface area contributed by atoms with Crippen LogP contribution in [0.5, 0.6) is 0 Å². The highest BCUT2D eigenvalue weighted by molar-refractivity contribution is 5.67. The predicted molar refractivity (Wildman–Crippen MR) is 337 cm³/mol. The first kappa shape index (κ1) is 60.8. The van der Waals surface area contributed by atoms with Gasteiger partial charge in [-0.3, -0.25) is 0 Å². The smallest absolute Gasteiger partial charge is 0.0132 e. The number of rotatable bonds is 3. The summed E-state index contributed by atoms with van der Waals surface area (Å²) < 4.78 is 0. The van der Waals surface area contributed by atoms with Gasteiger partial charge in [-0.1, -0.05) is 314 Å². The molecule has 0 saturated heterocycles. The zero-order valence-electron chi connectivity index (χ0n) is 48.7. The van der Waals surface area contributed by atoms with Crippen molar-refractivity contribution in [2.75, 3.05) is 0 Å². The Balaban J connectivity index is 0.000000193. The van der Waals surface area contributed by atoms with Crippen molar-refractivity contribution in [3.05, 3.63) is 321 Å². The summed E-state index contributed by atoms with van der Waals surface area (Å²) in [5.74, 6) is 0. The summed E-state index contributed by atoms with van der Waals surface area (Å²) in [6.45, 7) is 32.2. The molecule has 10 aromatic rings. The summed E-state index contributed by atoms with van der Waals surface area (Å²) in [7, 11) is 0. The van der Waals surface area contributed by atoms with E-state index in [-0.39, 0.29) is 5.41 Å². The van der Waals surface area contributed by atoms with Gasteiger partial charge in [0, 0.05) is 0 Å². The van der Waals surface area contributed by atoms with Gasteiger partial charge in [0.15, 0.2) is 0 Å². The molecule has 10 aromatic carbocycles. The quantitative estimate of drug-likeness (QED) is 0.165. The minimum absolute atomic E-state index is 0.285. The van der Waals surface area contributed by atoms with Gasteiger partial charge in [0.05, 0.1) is 0 Å². The van der Waals surface area contributed by atoms with Gasteiger partial charge in [0.25, 0.3) is 0 Å². The minimum atomic E-state index is 0.285. The fourth-order valence-corrected chi connectivity index (χ4v) is 8.10. The Morgan fingerprint density at radius 2 is 0.539 bits per heavy atom. The van der Waals surface area contributed by atoms with Crippen LogP contribution < -0.4 is 0 Å². The molecule has 76 heavy (non-hydrogen) atoms. The van der Waals surface area contributed by atoms with E-state index in [4.69, 9.17) is 0 Å². The summed E-state index contributed by atoms with van der Waals surface area (Å²) in [4.78, 5) is 0. The van der Waals surface area contributed by atoms with Crippen molar-refractivity contribution in [2.24, 2.45) is 0 Å². The fourth-order valence-electron chi connectivity index (χ4n) is 8.10. The molecule has 0 unspecified atom stereocenters. The summed E-state index contributed by atoms with van der Waals surface area (Å²) in [5.41, 5.74) is 25.6. The maximum absolute atomic E-state index is 2.23. The van der Waals surface area contributed by atoms with Crippen LogP contribution in [0.3, 0.4) is 0 Å². The van der Waals surface area contributed by atoms with Gasteiger partial charge in [-0.2, -0.15) is 0 Å². The molecular weight excluding hydrogens is 913 g/mol. The zero-order valence-corrected chi connectivity index (χ0v) is 48.7. The van der Waals surface area contributed by atoms with Gasteiger partial charge >= 0.3 is 0 Å². The third kappa shape index (κ3) is 22.8. The Morgan fingerprint density at radius 1 is 0.211 bits per heavy atom. The molecule has 0 amide bonds. The van der Waals surface area contributed by atoms with Crippen LogP contribution in [0.25, 0.3) is 33.4 Å². The van der Waals surface area contributed by atoms with Crippen molar-refractivity contribution >= 4 is 0 Å². The van der Waals surface area contributed by atoms with Crippen molar-refractivity contribution in [3.63, 3.8) is 0 Å². The summed E-state index contributed by atoms with van der Waals surface area (Å²) in [6.07, 6.45) is 0. The molecule has 0 nitrogen and oxygen atoms in total. The normalized spacial score (nSPS) is 10.0. The molecule has 0 atom stereocenters. The first-order chi connectivity index (χ1) is 36.3. The summed E-state index contributed by atoms with van der Waals surface area (Å²) in [6, 6.07) is 87.1. The molecule has 0 fully saturated rings. The van der Waals surface area contributed by atoms with Crippen LogP contribution in [0.1, 0.15) is 93.1 Å². The van der Waals surface area contributed by atoms with Gasteiger partial charge in [0.2, 0.25) is 0 Å². The lowest BCUT2D eigenvalue weighted by molar-refractivity contribution is 0.590. The van der Waals surface area contributed by atoms with E-state index < -0.39 is 0 Å². The fraction of sp³-hybridized carbons (Fsp3) is 0.211. The van der Waals surface area contributed by atoms with Gasteiger partial charge < -0.3 is 0 Å². The first-order valence-corrected chi connectivity index (χ1v) is 26.8. The third-order valence-electron chi connectivity index (χ3n) is 12.9. The number of benzene rings is 10. The molecular formula is C76H86. The SMILES string of the molecule is Cc1cc(C)c(C)c(C)c1.Cc1ccc(-c2ccccc2)cc1.Cc1ccc(C(C)(C)C)cc1.Cc1ccc(C)cc1.Cc1cccc(-c2ccccc2)c1.Cc1cccc(C)c1.Cc1ccccc1-c1ccccc1. The Kier molecular flexibility index (Phi) is 25.4. The maximum atomic E-state index is 2.23. The Hall–Kier alpha value is -7.80. The zero-order chi connectivity index (χ0) is 55.5. The number of hydrogen-bond acceptors (Lipinski definition) is 0. The van der Waals surface area contributed by atoms with Gasteiger partial charge in [0.1, 0.15) is 0 Å². The number of hydrogen-bond donors (Lipinski definition) is 0. The van der Waals surface area contributed by atoms with E-state index in [1.165, 1.54) is 106 Å². The van der Waals surface area contributed by atoms with E-state index in [1.54, 1.807) is 0 Å². The van der Waals surface area contributed by atoms with Gasteiger partial charge in [-0.15, -0.1) is 0 Å². The summed E-state index contributed by atoms with van der Waals surface area (Å²) in [5, 5.41) is 0. The van der Waals surface area contributed by atoms with Crippen molar-refractivity contribution in [1.29, 1.82) is 0 Å². The van der Waals surface area contributed by atoms with Crippen molar-refractivity contribution < 1.29 is 0 Å². The highest BCUT2D eigenvalue weighted by Crippen LogP contribution is 2.24. The molecule has 0 radical (unpaired) electrons. The molecule has 0 heterocycles. The molecule has 0 aliphatic carbocycles. The Labute approximate surface area is 461 Å². The van der Waals surface area contributed by atoms with Crippen LogP contribution in [0.4, 0.5) is 0 Å². The molecule has 0 aliphatic heterocycles. The van der Waals surface area contributed by atoms with E-state index in [0.29, 0.717) is 0 Å². The maximum Gasteiger partial charge on any atom is -0.0132 e. The second kappa shape index (κ2) is 31.8. The molecule has 0 heteroatoms. The van der Waals surface area contributed by atoms with E-state index >= 15 is 0 Å². The van der Waals surface area contributed by atoms with Crippen molar-refractivity contribution in [3.8, 4) is 33.4 Å². The average Bonchev–Trinajstić information content (AvgIpc) is 3.41. The lowest BCUT2D eigenvalue weighted by Crippen LogP contribution is -2.10. The molecule has 0 N–H and O–H groups in total. The average molecular weight is 1000 g/mol. The lowest BCUT2D eigenvalue weighted by Gasteiger charge is -2.18. The van der Waals surface area contributed by atoms with Crippen LogP contribution in [0.15, 0.2) is 249 Å². The van der Waals surface area contributed by atoms with Crippen LogP contribution >= 0.6 is 0 Å². The molecule has 0 aliphatic rings. The van der Waals surface area contributed by atoms with E-state index in [2.05, 4.69) is 334 Å². The molecule has 390 valence electrons. The van der Waals surface area contributed by atoms with Crippen LogP contribution in [0, 0.1) is 83.1 Å².